The van der Waals surface area contributed by atoms with Gasteiger partial charge in [-0.1, -0.05) is 12.1 Å². The number of phenols is 1. The van der Waals surface area contributed by atoms with Gasteiger partial charge in [0.25, 0.3) is 0 Å². The highest BCUT2D eigenvalue weighted by molar-refractivity contribution is 5.67. The van der Waals surface area contributed by atoms with Gasteiger partial charge in [-0.3, -0.25) is 0 Å². The van der Waals surface area contributed by atoms with Gasteiger partial charge in [0.2, 0.25) is 5.69 Å². The monoisotopic (exact) mass is 339 g/mol. The van der Waals surface area contributed by atoms with Crippen LogP contribution in [0.1, 0.15) is 11.3 Å². The van der Waals surface area contributed by atoms with E-state index in [-0.39, 0.29) is 24.0 Å². The first-order valence-electron chi connectivity index (χ1n) is 5.17. The molecule has 3 heteroatoms. The molecule has 0 spiro atoms. The molecule has 2 rings (SSSR count). The molecule has 0 amide bonds. The Bertz CT molecular complexity index is 506. The molecule has 17 heavy (non-hydrogen) atoms. The Morgan fingerprint density at radius 2 is 1.71 bits per heavy atom. The van der Waals surface area contributed by atoms with Gasteiger partial charge in [-0.05, 0) is 29.8 Å². The molecular weight excluding hydrogens is 325 g/mol. The lowest BCUT2D eigenvalue weighted by Gasteiger charge is -1.94. The molecule has 0 aliphatic heterocycles. The maximum absolute atomic E-state index is 9.16. The van der Waals surface area contributed by atoms with Gasteiger partial charge in [-0.15, -0.1) is 0 Å². The third-order valence-electron chi connectivity index (χ3n) is 2.43. The molecule has 0 aliphatic rings. The minimum atomic E-state index is 0. The number of phenolic OH excluding ortho intramolecular Hbond substituents is 1. The molecule has 0 saturated heterocycles. The Balaban J connectivity index is 0.00000144. The van der Waals surface area contributed by atoms with E-state index in [0.29, 0.717) is 5.75 Å². The largest absolute Gasteiger partial charge is 1.00 e. The average Bonchev–Trinajstić information content (AvgIpc) is 2.30. The van der Waals surface area contributed by atoms with Crippen molar-refractivity contribution in [1.29, 1.82) is 0 Å². The fraction of sp³-hybridized carbons (Fsp3) is 0.0714. The molecule has 0 bridgehead atoms. The number of hydrogen-bond acceptors (Lipinski definition) is 1. The van der Waals surface area contributed by atoms with E-state index in [1.807, 2.05) is 49.7 Å². The van der Waals surface area contributed by atoms with E-state index < -0.39 is 0 Å². The summed E-state index contributed by atoms with van der Waals surface area (Å²) in [7, 11) is 2.01. The van der Waals surface area contributed by atoms with E-state index in [0.717, 1.165) is 11.3 Å². The summed E-state index contributed by atoms with van der Waals surface area (Å²) in [5.74, 6) is 0.294. The van der Waals surface area contributed by atoms with Crippen LogP contribution in [0.25, 0.3) is 12.2 Å². The van der Waals surface area contributed by atoms with E-state index in [4.69, 9.17) is 5.11 Å². The zero-order valence-electron chi connectivity index (χ0n) is 9.55. The van der Waals surface area contributed by atoms with E-state index >= 15 is 0 Å². The summed E-state index contributed by atoms with van der Waals surface area (Å²) >= 11 is 0. The molecule has 0 atom stereocenters. The van der Waals surface area contributed by atoms with Crippen molar-refractivity contribution in [2.75, 3.05) is 0 Å². The van der Waals surface area contributed by atoms with Crippen molar-refractivity contribution in [3.63, 3.8) is 0 Å². The average molecular weight is 339 g/mol. The Hall–Kier alpha value is -1.36. The van der Waals surface area contributed by atoms with Crippen LogP contribution >= 0.6 is 0 Å². The zero-order valence-corrected chi connectivity index (χ0v) is 11.7. The number of halogens is 1. The predicted molar refractivity (Wildman–Crippen MR) is 64.7 cm³/mol. The quantitative estimate of drug-likeness (QED) is 0.573. The molecule has 0 fully saturated rings. The lowest BCUT2D eigenvalue weighted by Crippen LogP contribution is -3.00. The summed E-state index contributed by atoms with van der Waals surface area (Å²) in [4.78, 5) is 0. The molecule has 2 nitrogen and oxygen atoms in total. The van der Waals surface area contributed by atoms with Crippen LogP contribution in [0.5, 0.6) is 5.75 Å². The number of rotatable bonds is 2. The van der Waals surface area contributed by atoms with E-state index in [1.54, 1.807) is 12.1 Å². The second-order valence-corrected chi connectivity index (χ2v) is 3.66. The van der Waals surface area contributed by atoms with Crippen LogP contribution < -0.4 is 28.5 Å². The van der Waals surface area contributed by atoms with E-state index in [2.05, 4.69) is 10.6 Å². The van der Waals surface area contributed by atoms with Crippen molar-refractivity contribution in [2.45, 2.75) is 0 Å². The number of aryl methyl sites for hydroxylation is 1. The first-order chi connectivity index (χ1) is 7.75. The fourth-order valence-corrected chi connectivity index (χ4v) is 1.48. The molecule has 88 valence electrons. The minimum absolute atomic E-state index is 0. The van der Waals surface area contributed by atoms with Crippen molar-refractivity contribution in [3.8, 4) is 5.75 Å². The number of aromatic hydroxyl groups is 1. The smallest absolute Gasteiger partial charge is 0.204 e. The maximum Gasteiger partial charge on any atom is 0.204 e. The van der Waals surface area contributed by atoms with Crippen LogP contribution in [0, 0.1) is 0 Å². The van der Waals surface area contributed by atoms with Gasteiger partial charge < -0.3 is 29.1 Å². The number of benzene rings is 1. The number of pyridine rings is 1. The molecule has 0 saturated carbocycles. The molecule has 1 aromatic heterocycles. The number of nitrogens with zero attached hydrogens (tertiary/aromatic N) is 1. The standard InChI is InChI=1S/C14H13NO.HI/c1-15-11-3-2-4-13(15)8-5-12-6-9-14(16)10-7-12;/h2-11H,1H3;1H. The zero-order chi connectivity index (χ0) is 11.4. The van der Waals surface area contributed by atoms with Gasteiger partial charge in [0.05, 0.1) is 0 Å². The first kappa shape index (κ1) is 13.7. The Morgan fingerprint density at radius 3 is 2.35 bits per heavy atom. The molecule has 1 N–H and O–H groups in total. The van der Waals surface area contributed by atoms with Crippen molar-refractivity contribution in [3.05, 3.63) is 59.9 Å². The lowest BCUT2D eigenvalue weighted by atomic mass is 10.2. The lowest BCUT2D eigenvalue weighted by molar-refractivity contribution is -0.673. The predicted octanol–water partition coefficient (Wildman–Crippen LogP) is -0.609. The molecular formula is C14H14INO. The Labute approximate surface area is 118 Å². The van der Waals surface area contributed by atoms with E-state index in [1.165, 1.54) is 0 Å². The van der Waals surface area contributed by atoms with Crippen LogP contribution in [0.2, 0.25) is 0 Å². The number of hydrogen-bond donors (Lipinski definition) is 1. The topological polar surface area (TPSA) is 24.1 Å². The summed E-state index contributed by atoms with van der Waals surface area (Å²) in [6.45, 7) is 0. The van der Waals surface area contributed by atoms with Crippen LogP contribution in [-0.4, -0.2) is 5.11 Å². The molecule has 1 aromatic carbocycles. The van der Waals surface area contributed by atoms with Gasteiger partial charge in [-0.2, -0.15) is 0 Å². The van der Waals surface area contributed by atoms with Gasteiger partial charge >= 0.3 is 0 Å². The van der Waals surface area contributed by atoms with Crippen molar-refractivity contribution in [2.24, 2.45) is 7.05 Å². The van der Waals surface area contributed by atoms with Gasteiger partial charge in [-0.25, -0.2) is 4.57 Å². The molecule has 0 radical (unpaired) electrons. The Morgan fingerprint density at radius 1 is 1.00 bits per heavy atom. The van der Waals surface area contributed by atoms with Crippen LogP contribution in [0.3, 0.4) is 0 Å². The van der Waals surface area contributed by atoms with Crippen LogP contribution in [0.15, 0.2) is 48.7 Å². The van der Waals surface area contributed by atoms with E-state index in [9.17, 15) is 0 Å². The SMILES string of the molecule is C[n+]1ccccc1/C=C/c1ccc(O)cc1.[I-]. The summed E-state index contributed by atoms with van der Waals surface area (Å²) in [6, 6.07) is 13.2. The molecule has 1 heterocycles. The highest BCUT2D eigenvalue weighted by Gasteiger charge is 1.98. The summed E-state index contributed by atoms with van der Waals surface area (Å²) < 4.78 is 2.05. The maximum atomic E-state index is 9.16. The summed E-state index contributed by atoms with van der Waals surface area (Å²) in [5, 5.41) is 9.16. The summed E-state index contributed by atoms with van der Waals surface area (Å²) in [5.41, 5.74) is 2.21. The van der Waals surface area contributed by atoms with Gasteiger partial charge in [0, 0.05) is 18.2 Å². The van der Waals surface area contributed by atoms with Crippen LogP contribution in [0.4, 0.5) is 0 Å². The highest BCUT2D eigenvalue weighted by atomic mass is 127. The third-order valence-corrected chi connectivity index (χ3v) is 2.43. The third kappa shape index (κ3) is 3.85. The van der Waals surface area contributed by atoms with Crippen molar-refractivity contribution >= 4 is 12.2 Å². The Kier molecular flexibility index (Phi) is 5.15. The normalized spacial score (nSPS) is 10.2. The van der Waals surface area contributed by atoms with Gasteiger partial charge in [0.1, 0.15) is 12.8 Å². The molecule has 0 aliphatic carbocycles. The molecule has 0 unspecified atom stereocenters. The van der Waals surface area contributed by atoms with Crippen molar-refractivity contribution < 1.29 is 33.7 Å². The number of aromatic nitrogens is 1. The highest BCUT2D eigenvalue weighted by Crippen LogP contribution is 2.11. The molecule has 2 aromatic rings. The minimum Gasteiger partial charge on any atom is -1.00 e. The second kappa shape index (κ2) is 6.39. The fourth-order valence-electron chi connectivity index (χ4n) is 1.48. The summed E-state index contributed by atoms with van der Waals surface area (Å²) in [6.07, 6.45) is 6.08. The van der Waals surface area contributed by atoms with Gasteiger partial charge in [0.15, 0.2) is 6.20 Å². The van der Waals surface area contributed by atoms with Crippen LogP contribution in [-0.2, 0) is 7.05 Å². The first-order valence-corrected chi connectivity index (χ1v) is 5.17. The second-order valence-electron chi connectivity index (χ2n) is 3.66. The van der Waals surface area contributed by atoms with Crippen molar-refractivity contribution in [1.82, 2.24) is 0 Å².